The molecule has 0 saturated heterocycles. The van der Waals surface area contributed by atoms with E-state index in [0.717, 1.165) is 11.1 Å². The highest BCUT2D eigenvalue weighted by molar-refractivity contribution is 5.81. The molecule has 0 aliphatic rings. The molecule has 0 bridgehead atoms. The Bertz CT molecular complexity index is 997. The maximum Gasteiger partial charge on any atom is 0.261 e. The summed E-state index contributed by atoms with van der Waals surface area (Å²) >= 11 is 0. The van der Waals surface area contributed by atoms with Gasteiger partial charge >= 0.3 is 0 Å². The lowest BCUT2D eigenvalue weighted by atomic mass is 10.1. The molecular formula is C19H20N4O3. The van der Waals surface area contributed by atoms with Crippen LogP contribution >= 0.6 is 0 Å². The van der Waals surface area contributed by atoms with Gasteiger partial charge in [0.05, 0.1) is 23.8 Å². The molecule has 2 heterocycles. The van der Waals surface area contributed by atoms with Crippen molar-refractivity contribution in [1.82, 2.24) is 19.9 Å². The SMILES string of the molecule is CCOc1ncccc1CNC(=O)Cn1cnc2c(C)cccc2c1=O. The van der Waals surface area contributed by atoms with Gasteiger partial charge in [0.15, 0.2) is 0 Å². The summed E-state index contributed by atoms with van der Waals surface area (Å²) in [7, 11) is 0. The summed E-state index contributed by atoms with van der Waals surface area (Å²) in [4.78, 5) is 33.2. The number of ether oxygens (including phenoxy) is 1. The van der Waals surface area contributed by atoms with E-state index in [1.165, 1.54) is 10.9 Å². The molecule has 1 N–H and O–H groups in total. The molecule has 7 heteroatoms. The lowest BCUT2D eigenvalue weighted by molar-refractivity contribution is -0.121. The molecule has 0 unspecified atom stereocenters. The van der Waals surface area contributed by atoms with Crippen molar-refractivity contribution in [2.24, 2.45) is 0 Å². The van der Waals surface area contributed by atoms with Crippen LogP contribution in [-0.2, 0) is 17.9 Å². The van der Waals surface area contributed by atoms with Gasteiger partial charge in [0.25, 0.3) is 5.56 Å². The molecule has 1 aromatic carbocycles. The van der Waals surface area contributed by atoms with E-state index < -0.39 is 0 Å². The number of amides is 1. The predicted octanol–water partition coefficient (Wildman–Crippen LogP) is 1.82. The van der Waals surface area contributed by atoms with Gasteiger partial charge in [0.1, 0.15) is 6.54 Å². The number of carbonyl (C=O) groups excluding carboxylic acids is 1. The lowest BCUT2D eigenvalue weighted by Gasteiger charge is -2.11. The van der Waals surface area contributed by atoms with Crippen molar-refractivity contribution in [3.05, 3.63) is 64.3 Å². The van der Waals surface area contributed by atoms with E-state index >= 15 is 0 Å². The number of fused-ring (bicyclic) bond motifs is 1. The van der Waals surface area contributed by atoms with Gasteiger partial charge in [-0.3, -0.25) is 14.2 Å². The summed E-state index contributed by atoms with van der Waals surface area (Å²) in [6, 6.07) is 9.05. The van der Waals surface area contributed by atoms with Crippen LogP contribution in [0.5, 0.6) is 5.88 Å². The fourth-order valence-electron chi connectivity index (χ4n) is 2.68. The lowest BCUT2D eigenvalue weighted by Crippen LogP contribution is -2.32. The van der Waals surface area contributed by atoms with Gasteiger partial charge in [-0.1, -0.05) is 18.2 Å². The van der Waals surface area contributed by atoms with Crippen LogP contribution in [0.4, 0.5) is 0 Å². The molecule has 0 saturated carbocycles. The first-order valence-corrected chi connectivity index (χ1v) is 8.38. The molecular weight excluding hydrogens is 332 g/mol. The Kier molecular flexibility index (Phi) is 5.26. The third-order valence-electron chi connectivity index (χ3n) is 3.98. The molecule has 0 spiro atoms. The van der Waals surface area contributed by atoms with Crippen molar-refractivity contribution >= 4 is 16.8 Å². The molecule has 7 nitrogen and oxygen atoms in total. The average Bonchev–Trinajstić information content (AvgIpc) is 2.64. The zero-order chi connectivity index (χ0) is 18.5. The van der Waals surface area contributed by atoms with E-state index in [0.29, 0.717) is 23.4 Å². The summed E-state index contributed by atoms with van der Waals surface area (Å²) < 4.78 is 6.75. The Morgan fingerprint density at radius 3 is 2.88 bits per heavy atom. The van der Waals surface area contributed by atoms with Crippen molar-refractivity contribution in [3.63, 3.8) is 0 Å². The highest BCUT2D eigenvalue weighted by Crippen LogP contribution is 2.14. The van der Waals surface area contributed by atoms with Crippen LogP contribution < -0.4 is 15.6 Å². The molecule has 26 heavy (non-hydrogen) atoms. The largest absolute Gasteiger partial charge is 0.478 e. The number of carbonyl (C=O) groups is 1. The van der Waals surface area contributed by atoms with E-state index in [2.05, 4.69) is 15.3 Å². The first-order valence-electron chi connectivity index (χ1n) is 8.38. The first kappa shape index (κ1) is 17.6. The van der Waals surface area contributed by atoms with Crippen LogP contribution in [0.2, 0.25) is 0 Å². The van der Waals surface area contributed by atoms with E-state index in [-0.39, 0.29) is 24.6 Å². The van der Waals surface area contributed by atoms with Gasteiger partial charge in [-0.2, -0.15) is 0 Å². The maximum atomic E-state index is 12.5. The number of rotatable bonds is 6. The second-order valence-electron chi connectivity index (χ2n) is 5.83. The summed E-state index contributed by atoms with van der Waals surface area (Å²) in [6.07, 6.45) is 3.05. The molecule has 0 aliphatic carbocycles. The molecule has 3 rings (SSSR count). The van der Waals surface area contributed by atoms with Crippen molar-refractivity contribution in [1.29, 1.82) is 0 Å². The second-order valence-corrected chi connectivity index (χ2v) is 5.83. The predicted molar refractivity (Wildman–Crippen MR) is 98.0 cm³/mol. The van der Waals surface area contributed by atoms with Gasteiger partial charge in [-0.15, -0.1) is 0 Å². The molecule has 134 valence electrons. The molecule has 0 atom stereocenters. The number of nitrogens with zero attached hydrogens (tertiary/aromatic N) is 3. The van der Waals surface area contributed by atoms with Crippen LogP contribution in [0.1, 0.15) is 18.1 Å². The Morgan fingerprint density at radius 2 is 2.08 bits per heavy atom. The highest BCUT2D eigenvalue weighted by atomic mass is 16.5. The number of nitrogens with one attached hydrogen (secondary N) is 1. The number of para-hydroxylation sites is 1. The van der Waals surface area contributed by atoms with Crippen LogP contribution in [-0.4, -0.2) is 27.0 Å². The Balaban J connectivity index is 1.72. The third-order valence-corrected chi connectivity index (χ3v) is 3.98. The van der Waals surface area contributed by atoms with E-state index in [4.69, 9.17) is 4.74 Å². The zero-order valence-electron chi connectivity index (χ0n) is 14.7. The minimum atomic E-state index is -0.285. The van der Waals surface area contributed by atoms with Crippen molar-refractivity contribution in [2.75, 3.05) is 6.61 Å². The molecule has 0 radical (unpaired) electrons. The number of hydrogen-bond donors (Lipinski definition) is 1. The number of hydrogen-bond acceptors (Lipinski definition) is 5. The topological polar surface area (TPSA) is 86.1 Å². The minimum Gasteiger partial charge on any atom is -0.478 e. The van der Waals surface area contributed by atoms with Crippen molar-refractivity contribution in [3.8, 4) is 5.88 Å². The van der Waals surface area contributed by atoms with Crippen LogP contribution in [0.3, 0.4) is 0 Å². The van der Waals surface area contributed by atoms with E-state index in [9.17, 15) is 9.59 Å². The van der Waals surface area contributed by atoms with Gasteiger partial charge in [-0.05, 0) is 31.5 Å². The molecule has 3 aromatic rings. The van der Waals surface area contributed by atoms with Crippen molar-refractivity contribution < 1.29 is 9.53 Å². The zero-order valence-corrected chi connectivity index (χ0v) is 14.7. The minimum absolute atomic E-state index is 0.0973. The number of benzene rings is 1. The summed E-state index contributed by atoms with van der Waals surface area (Å²) in [5.74, 6) is 0.211. The normalized spacial score (nSPS) is 10.7. The van der Waals surface area contributed by atoms with Crippen molar-refractivity contribution in [2.45, 2.75) is 26.9 Å². The molecule has 0 aliphatic heterocycles. The quantitative estimate of drug-likeness (QED) is 0.731. The first-order chi connectivity index (χ1) is 12.6. The Hall–Kier alpha value is -3.22. The number of pyridine rings is 1. The van der Waals surface area contributed by atoms with Crippen LogP contribution in [0, 0.1) is 6.92 Å². The highest BCUT2D eigenvalue weighted by Gasteiger charge is 2.10. The number of aryl methyl sites for hydroxylation is 1. The molecule has 1 amide bonds. The Morgan fingerprint density at radius 1 is 1.23 bits per heavy atom. The van der Waals surface area contributed by atoms with Gasteiger partial charge in [0, 0.05) is 18.3 Å². The van der Waals surface area contributed by atoms with Gasteiger partial charge < -0.3 is 10.1 Å². The smallest absolute Gasteiger partial charge is 0.261 e. The van der Waals surface area contributed by atoms with Gasteiger partial charge in [-0.25, -0.2) is 9.97 Å². The maximum absolute atomic E-state index is 12.5. The third kappa shape index (κ3) is 3.72. The standard InChI is InChI=1S/C19H20N4O3/c1-3-26-18-14(7-5-9-20-18)10-21-16(24)11-23-12-22-17-13(2)6-4-8-15(17)19(23)25/h4-9,12H,3,10-11H2,1-2H3,(H,21,24). The number of aromatic nitrogens is 3. The van der Waals surface area contributed by atoms with E-state index in [1.807, 2.05) is 32.0 Å². The van der Waals surface area contributed by atoms with E-state index in [1.54, 1.807) is 18.3 Å². The molecule has 2 aromatic heterocycles. The second kappa shape index (κ2) is 7.77. The summed E-state index contributed by atoms with van der Waals surface area (Å²) in [5.41, 5.74) is 2.13. The van der Waals surface area contributed by atoms with Crippen LogP contribution in [0.25, 0.3) is 10.9 Å². The average molecular weight is 352 g/mol. The summed E-state index contributed by atoms with van der Waals surface area (Å²) in [5, 5.41) is 3.29. The fraction of sp³-hybridized carbons (Fsp3) is 0.263. The monoisotopic (exact) mass is 352 g/mol. The van der Waals surface area contributed by atoms with Gasteiger partial charge in [0.2, 0.25) is 11.8 Å². The van der Waals surface area contributed by atoms with Crippen LogP contribution in [0.15, 0.2) is 47.7 Å². The molecule has 0 fully saturated rings. The Labute approximate surface area is 150 Å². The summed E-state index contributed by atoms with van der Waals surface area (Å²) in [6.45, 7) is 4.44. The fourth-order valence-corrected chi connectivity index (χ4v) is 2.68.